The summed E-state index contributed by atoms with van der Waals surface area (Å²) in [4.78, 5) is 24.7. The Morgan fingerprint density at radius 2 is 2.03 bits per heavy atom. The van der Waals surface area contributed by atoms with Crippen LogP contribution in [0.1, 0.15) is 78.6 Å². The molecule has 4 aliphatic carbocycles. The van der Waals surface area contributed by atoms with E-state index in [4.69, 9.17) is 10.5 Å². The van der Waals surface area contributed by atoms with E-state index in [1.54, 1.807) is 0 Å². The molecule has 0 aromatic rings. The van der Waals surface area contributed by atoms with Crippen molar-refractivity contribution in [2.45, 2.75) is 90.7 Å². The van der Waals surface area contributed by atoms with Crippen molar-refractivity contribution in [3.63, 3.8) is 0 Å². The van der Waals surface area contributed by atoms with E-state index in [1.807, 2.05) is 6.92 Å². The van der Waals surface area contributed by atoms with Crippen LogP contribution < -0.4 is 5.73 Å². The van der Waals surface area contributed by atoms with E-state index < -0.39 is 0 Å². The van der Waals surface area contributed by atoms with Crippen LogP contribution in [0.4, 0.5) is 0 Å². The predicted octanol–water partition coefficient (Wildman–Crippen LogP) is 3.69. The second-order valence-electron chi connectivity index (χ2n) is 10.7. The fourth-order valence-electron chi connectivity index (χ4n) is 7.52. The SMILES string of the molecule is CC(N)CC(=O)O[C@H]1CC[C@@]2(C)C(C1)/C(=N/O)C[C@@H]1[C@@H]2CC[C@]2(C)C(=O)CC[C@@H]12. The van der Waals surface area contributed by atoms with E-state index in [1.165, 1.54) is 0 Å². The molecule has 0 heterocycles. The van der Waals surface area contributed by atoms with Crippen LogP contribution in [0.5, 0.6) is 0 Å². The minimum absolute atomic E-state index is 0.0432. The number of ketones is 1. The number of esters is 1. The zero-order valence-electron chi connectivity index (χ0n) is 18.0. The van der Waals surface area contributed by atoms with Gasteiger partial charge in [-0.25, -0.2) is 0 Å². The standard InChI is InChI=1S/C23H36N2O4/c1-13(24)10-21(27)29-14-6-8-22(2)17-7-9-23(3)16(4-5-20(23)26)15(17)12-19(25-28)18(22)11-14/h13-18,28H,4-12,24H2,1-3H3/b25-19+/t13?,14-,15-,16-,17-,18?,22+,23-/m0/s1. The maximum Gasteiger partial charge on any atom is 0.307 e. The zero-order valence-corrected chi connectivity index (χ0v) is 18.0. The predicted molar refractivity (Wildman–Crippen MR) is 109 cm³/mol. The first kappa shape index (κ1) is 20.8. The van der Waals surface area contributed by atoms with Crippen molar-refractivity contribution in [2.75, 3.05) is 0 Å². The van der Waals surface area contributed by atoms with Gasteiger partial charge in [0.15, 0.2) is 0 Å². The number of carbonyl (C=O) groups is 2. The van der Waals surface area contributed by atoms with Crippen molar-refractivity contribution in [1.82, 2.24) is 0 Å². The summed E-state index contributed by atoms with van der Waals surface area (Å²) in [5, 5.41) is 13.6. The number of carbonyl (C=O) groups excluding carboxylic acids is 2. The Bertz CT molecular complexity index is 720. The molecule has 6 heteroatoms. The Morgan fingerprint density at radius 3 is 2.72 bits per heavy atom. The molecule has 0 radical (unpaired) electrons. The van der Waals surface area contributed by atoms with Gasteiger partial charge in [-0.05, 0) is 75.0 Å². The number of oxime groups is 1. The normalized spacial score (nSPS) is 46.6. The van der Waals surface area contributed by atoms with Crippen molar-refractivity contribution in [3.8, 4) is 0 Å². The van der Waals surface area contributed by atoms with Gasteiger partial charge in [0.1, 0.15) is 11.9 Å². The van der Waals surface area contributed by atoms with Crippen LogP contribution in [0.25, 0.3) is 0 Å². The lowest BCUT2D eigenvalue weighted by Crippen LogP contribution is -2.57. The highest BCUT2D eigenvalue weighted by Gasteiger charge is 2.62. The van der Waals surface area contributed by atoms with Gasteiger partial charge in [-0.15, -0.1) is 0 Å². The molecule has 3 N–H and O–H groups in total. The minimum atomic E-state index is -0.234. The molecule has 2 unspecified atom stereocenters. The Balaban J connectivity index is 1.55. The van der Waals surface area contributed by atoms with Crippen molar-refractivity contribution in [2.24, 2.45) is 45.4 Å². The molecular weight excluding hydrogens is 368 g/mol. The third-order valence-electron chi connectivity index (χ3n) is 9.06. The molecule has 4 rings (SSSR count). The molecule has 0 bridgehead atoms. The van der Waals surface area contributed by atoms with Crippen LogP contribution in [0, 0.1) is 34.5 Å². The Morgan fingerprint density at radius 1 is 1.28 bits per heavy atom. The van der Waals surface area contributed by atoms with Crippen LogP contribution in [0.2, 0.25) is 0 Å². The average Bonchev–Trinajstić information content (AvgIpc) is 2.96. The number of hydrogen-bond donors (Lipinski definition) is 2. The number of hydrogen-bond acceptors (Lipinski definition) is 6. The van der Waals surface area contributed by atoms with Crippen molar-refractivity contribution in [3.05, 3.63) is 0 Å². The Kier molecular flexibility index (Phi) is 5.29. The van der Waals surface area contributed by atoms with E-state index in [9.17, 15) is 14.8 Å². The number of rotatable bonds is 3. The quantitative estimate of drug-likeness (QED) is 0.424. The summed E-state index contributed by atoms with van der Waals surface area (Å²) >= 11 is 0. The lowest BCUT2D eigenvalue weighted by Gasteiger charge is -2.60. The van der Waals surface area contributed by atoms with Gasteiger partial charge in [-0.3, -0.25) is 9.59 Å². The van der Waals surface area contributed by atoms with Gasteiger partial charge in [-0.1, -0.05) is 19.0 Å². The first-order valence-corrected chi connectivity index (χ1v) is 11.4. The third-order valence-corrected chi connectivity index (χ3v) is 9.06. The second-order valence-corrected chi connectivity index (χ2v) is 10.7. The number of nitrogens with two attached hydrogens (primary N) is 1. The summed E-state index contributed by atoms with van der Waals surface area (Å²) in [6, 6.07) is -0.202. The van der Waals surface area contributed by atoms with Crippen LogP contribution >= 0.6 is 0 Å². The van der Waals surface area contributed by atoms with E-state index in [0.717, 1.165) is 50.7 Å². The highest BCUT2D eigenvalue weighted by atomic mass is 16.5. The molecular formula is C23H36N2O4. The molecule has 6 nitrogen and oxygen atoms in total. The van der Waals surface area contributed by atoms with Crippen molar-refractivity contribution in [1.29, 1.82) is 0 Å². The fourth-order valence-corrected chi connectivity index (χ4v) is 7.52. The van der Waals surface area contributed by atoms with E-state index >= 15 is 0 Å². The molecule has 0 saturated heterocycles. The average molecular weight is 405 g/mol. The zero-order chi connectivity index (χ0) is 21.0. The first-order valence-electron chi connectivity index (χ1n) is 11.4. The highest BCUT2D eigenvalue weighted by Crippen LogP contribution is 2.65. The van der Waals surface area contributed by atoms with Gasteiger partial charge < -0.3 is 15.7 Å². The molecule has 0 aromatic heterocycles. The molecule has 162 valence electrons. The second kappa shape index (κ2) is 7.36. The van der Waals surface area contributed by atoms with Gasteiger partial charge in [0.25, 0.3) is 0 Å². The van der Waals surface area contributed by atoms with Crippen LogP contribution in [-0.2, 0) is 14.3 Å². The summed E-state index contributed by atoms with van der Waals surface area (Å²) in [6.45, 7) is 6.32. The molecule has 4 fully saturated rings. The summed E-state index contributed by atoms with van der Waals surface area (Å²) in [5.41, 5.74) is 6.44. The maximum absolute atomic E-state index is 12.6. The van der Waals surface area contributed by atoms with Crippen LogP contribution in [0.3, 0.4) is 0 Å². The van der Waals surface area contributed by atoms with Crippen molar-refractivity contribution >= 4 is 17.5 Å². The van der Waals surface area contributed by atoms with Gasteiger partial charge in [0.2, 0.25) is 0 Å². The van der Waals surface area contributed by atoms with Crippen LogP contribution in [0.15, 0.2) is 5.16 Å². The van der Waals surface area contributed by atoms with Gasteiger partial charge in [0, 0.05) is 23.8 Å². The third kappa shape index (κ3) is 3.31. The molecule has 0 aromatic carbocycles. The topological polar surface area (TPSA) is 102 Å². The van der Waals surface area contributed by atoms with E-state index in [0.29, 0.717) is 30.0 Å². The molecule has 29 heavy (non-hydrogen) atoms. The summed E-state index contributed by atoms with van der Waals surface area (Å²) < 4.78 is 5.72. The van der Waals surface area contributed by atoms with E-state index in [-0.39, 0.29) is 41.3 Å². The first-order chi connectivity index (χ1) is 13.7. The number of fused-ring (bicyclic) bond motifs is 5. The molecule has 8 atom stereocenters. The summed E-state index contributed by atoms with van der Waals surface area (Å²) in [5.74, 6) is 1.71. The highest BCUT2D eigenvalue weighted by molar-refractivity contribution is 5.90. The number of ether oxygens (including phenoxy) is 1. The van der Waals surface area contributed by atoms with Crippen LogP contribution in [-0.4, -0.2) is 34.8 Å². The summed E-state index contributed by atoms with van der Waals surface area (Å²) in [7, 11) is 0. The number of Topliss-reactive ketones (excluding diaryl/α,β-unsaturated/α-hetero) is 1. The van der Waals surface area contributed by atoms with E-state index in [2.05, 4.69) is 19.0 Å². The smallest absolute Gasteiger partial charge is 0.307 e. The molecule has 4 saturated carbocycles. The van der Waals surface area contributed by atoms with Gasteiger partial charge >= 0.3 is 5.97 Å². The monoisotopic (exact) mass is 404 g/mol. The lowest BCUT2D eigenvalue weighted by atomic mass is 9.44. The number of nitrogens with zero attached hydrogens (tertiary/aromatic N) is 1. The fraction of sp³-hybridized carbons (Fsp3) is 0.870. The van der Waals surface area contributed by atoms with Crippen molar-refractivity contribution < 1.29 is 19.5 Å². The summed E-state index contributed by atoms with van der Waals surface area (Å²) in [6.07, 6.45) is 7.16. The largest absolute Gasteiger partial charge is 0.462 e. The lowest BCUT2D eigenvalue weighted by molar-refractivity contribution is -0.156. The van der Waals surface area contributed by atoms with Gasteiger partial charge in [-0.2, -0.15) is 0 Å². The molecule has 4 aliphatic rings. The molecule has 0 amide bonds. The molecule has 0 spiro atoms. The van der Waals surface area contributed by atoms with Gasteiger partial charge in [0.05, 0.1) is 12.1 Å². The Labute approximate surface area is 173 Å². The Hall–Kier alpha value is -1.43. The minimum Gasteiger partial charge on any atom is -0.462 e. The maximum atomic E-state index is 12.6. The molecule has 0 aliphatic heterocycles.